The first-order chi connectivity index (χ1) is 7.88. The minimum Gasteiger partial charge on any atom is -0.314 e. The normalized spacial score (nSPS) is 17.3. The van der Waals surface area contributed by atoms with Gasteiger partial charge in [-0.05, 0) is 37.3 Å². The maximum absolute atomic E-state index is 3.61. The van der Waals surface area contributed by atoms with Gasteiger partial charge in [-0.15, -0.1) is 0 Å². The molecule has 1 fully saturated rings. The smallest absolute Gasteiger partial charge is 0.0107 e. The van der Waals surface area contributed by atoms with E-state index in [1.54, 1.807) is 0 Å². The molecule has 1 aromatic carbocycles. The first kappa shape index (κ1) is 11.7. The molecule has 1 aromatic rings. The van der Waals surface area contributed by atoms with E-state index in [-0.39, 0.29) is 0 Å². The second kappa shape index (κ2) is 6.05. The summed E-state index contributed by atoms with van der Waals surface area (Å²) in [5, 5.41) is 3.61. The summed E-state index contributed by atoms with van der Waals surface area (Å²) in [7, 11) is 0. The van der Waals surface area contributed by atoms with Crippen molar-refractivity contribution in [3.63, 3.8) is 0 Å². The van der Waals surface area contributed by atoms with E-state index in [0.29, 0.717) is 6.04 Å². The second-order valence-corrected chi connectivity index (χ2v) is 4.97. The van der Waals surface area contributed by atoms with Gasteiger partial charge in [-0.1, -0.05) is 50.1 Å². The SMILES string of the molecule is CCNC(CCC1CC1)Cc1ccccc1. The van der Waals surface area contributed by atoms with Crippen LogP contribution in [0, 0.1) is 5.92 Å². The Bertz CT molecular complexity index is 290. The number of likely N-dealkylation sites (N-methyl/N-ethyl adjacent to an activating group) is 1. The number of hydrogen-bond acceptors (Lipinski definition) is 1. The van der Waals surface area contributed by atoms with Crippen LogP contribution in [0.25, 0.3) is 0 Å². The van der Waals surface area contributed by atoms with Crippen LogP contribution < -0.4 is 5.32 Å². The van der Waals surface area contributed by atoms with Crippen molar-refractivity contribution in [3.8, 4) is 0 Å². The van der Waals surface area contributed by atoms with Crippen molar-refractivity contribution in [2.45, 2.75) is 45.1 Å². The third kappa shape index (κ3) is 3.97. The van der Waals surface area contributed by atoms with Crippen LogP contribution in [0.3, 0.4) is 0 Å². The van der Waals surface area contributed by atoms with E-state index >= 15 is 0 Å². The van der Waals surface area contributed by atoms with Crippen LogP contribution in [0.2, 0.25) is 0 Å². The molecule has 0 radical (unpaired) electrons. The third-order valence-corrected chi connectivity index (χ3v) is 3.44. The molecule has 1 N–H and O–H groups in total. The number of rotatable bonds is 7. The van der Waals surface area contributed by atoms with Gasteiger partial charge in [-0.25, -0.2) is 0 Å². The minimum absolute atomic E-state index is 0.674. The maximum Gasteiger partial charge on any atom is 0.0107 e. The van der Waals surface area contributed by atoms with E-state index < -0.39 is 0 Å². The van der Waals surface area contributed by atoms with Crippen molar-refractivity contribution in [3.05, 3.63) is 35.9 Å². The van der Waals surface area contributed by atoms with Gasteiger partial charge in [0.1, 0.15) is 0 Å². The molecule has 88 valence electrons. The summed E-state index contributed by atoms with van der Waals surface area (Å²) in [6.07, 6.45) is 6.90. The zero-order valence-electron chi connectivity index (χ0n) is 10.3. The highest BCUT2D eigenvalue weighted by Gasteiger charge is 2.22. The van der Waals surface area contributed by atoms with Gasteiger partial charge in [-0.3, -0.25) is 0 Å². The quantitative estimate of drug-likeness (QED) is 0.738. The monoisotopic (exact) mass is 217 g/mol. The highest BCUT2D eigenvalue weighted by atomic mass is 14.9. The van der Waals surface area contributed by atoms with Crippen LogP contribution in [0.15, 0.2) is 30.3 Å². The van der Waals surface area contributed by atoms with Gasteiger partial charge in [0.25, 0.3) is 0 Å². The number of nitrogens with one attached hydrogen (secondary N) is 1. The van der Waals surface area contributed by atoms with Crippen LogP contribution in [0.5, 0.6) is 0 Å². The Kier molecular flexibility index (Phi) is 4.41. The molecule has 0 bridgehead atoms. The molecular weight excluding hydrogens is 194 g/mol. The Morgan fingerprint density at radius 3 is 2.62 bits per heavy atom. The van der Waals surface area contributed by atoms with E-state index in [2.05, 4.69) is 42.6 Å². The van der Waals surface area contributed by atoms with E-state index in [4.69, 9.17) is 0 Å². The van der Waals surface area contributed by atoms with Crippen molar-refractivity contribution in [2.75, 3.05) is 6.54 Å². The number of hydrogen-bond donors (Lipinski definition) is 1. The van der Waals surface area contributed by atoms with Crippen LogP contribution >= 0.6 is 0 Å². The summed E-state index contributed by atoms with van der Waals surface area (Å²) in [5.41, 5.74) is 1.46. The van der Waals surface area contributed by atoms with E-state index in [0.717, 1.165) is 12.5 Å². The number of benzene rings is 1. The molecule has 0 spiro atoms. The van der Waals surface area contributed by atoms with Gasteiger partial charge in [-0.2, -0.15) is 0 Å². The zero-order valence-corrected chi connectivity index (χ0v) is 10.3. The predicted octanol–water partition coefficient (Wildman–Crippen LogP) is 3.40. The molecule has 0 saturated heterocycles. The van der Waals surface area contributed by atoms with Gasteiger partial charge < -0.3 is 5.32 Å². The lowest BCUT2D eigenvalue weighted by Gasteiger charge is -2.17. The summed E-state index contributed by atoms with van der Waals surface area (Å²) in [6.45, 7) is 3.29. The molecule has 1 aliphatic rings. The van der Waals surface area contributed by atoms with Gasteiger partial charge in [0, 0.05) is 6.04 Å². The van der Waals surface area contributed by atoms with Crippen molar-refractivity contribution in [2.24, 2.45) is 5.92 Å². The summed E-state index contributed by atoms with van der Waals surface area (Å²) >= 11 is 0. The van der Waals surface area contributed by atoms with Gasteiger partial charge >= 0.3 is 0 Å². The Labute approximate surface area is 99.3 Å². The van der Waals surface area contributed by atoms with Crippen LogP contribution in [0.1, 0.15) is 38.2 Å². The molecule has 0 aliphatic heterocycles. The largest absolute Gasteiger partial charge is 0.314 e. The second-order valence-electron chi connectivity index (χ2n) is 4.97. The fourth-order valence-corrected chi connectivity index (χ4v) is 2.31. The summed E-state index contributed by atoms with van der Waals surface area (Å²) < 4.78 is 0. The highest BCUT2D eigenvalue weighted by molar-refractivity contribution is 5.15. The summed E-state index contributed by atoms with van der Waals surface area (Å²) in [4.78, 5) is 0. The Balaban J connectivity index is 1.80. The van der Waals surface area contributed by atoms with E-state index in [1.165, 1.54) is 37.7 Å². The molecule has 1 unspecified atom stereocenters. The average Bonchev–Trinajstić information content (AvgIpc) is 3.11. The first-order valence-electron chi connectivity index (χ1n) is 6.65. The molecule has 1 aliphatic carbocycles. The molecule has 1 atom stereocenters. The molecule has 16 heavy (non-hydrogen) atoms. The topological polar surface area (TPSA) is 12.0 Å². The molecule has 2 rings (SSSR count). The lowest BCUT2D eigenvalue weighted by molar-refractivity contribution is 0.462. The molecule has 0 amide bonds. The van der Waals surface area contributed by atoms with Gasteiger partial charge in [0.05, 0.1) is 0 Å². The summed E-state index contributed by atoms with van der Waals surface area (Å²) in [6, 6.07) is 11.5. The Morgan fingerprint density at radius 2 is 2.00 bits per heavy atom. The van der Waals surface area contributed by atoms with Crippen molar-refractivity contribution in [1.82, 2.24) is 5.32 Å². The standard InChI is InChI=1S/C15H23N/c1-2-16-15(11-10-13-8-9-13)12-14-6-4-3-5-7-14/h3-7,13,15-16H,2,8-12H2,1H3. The van der Waals surface area contributed by atoms with Crippen molar-refractivity contribution >= 4 is 0 Å². The van der Waals surface area contributed by atoms with Crippen LogP contribution in [0.4, 0.5) is 0 Å². The maximum atomic E-state index is 3.61. The van der Waals surface area contributed by atoms with E-state index in [9.17, 15) is 0 Å². The fraction of sp³-hybridized carbons (Fsp3) is 0.600. The van der Waals surface area contributed by atoms with Crippen LogP contribution in [-0.2, 0) is 6.42 Å². The minimum atomic E-state index is 0.674. The third-order valence-electron chi connectivity index (χ3n) is 3.44. The predicted molar refractivity (Wildman–Crippen MR) is 69.6 cm³/mol. The van der Waals surface area contributed by atoms with Crippen LogP contribution in [-0.4, -0.2) is 12.6 Å². The fourth-order valence-electron chi connectivity index (χ4n) is 2.31. The van der Waals surface area contributed by atoms with Crippen molar-refractivity contribution in [1.29, 1.82) is 0 Å². The Morgan fingerprint density at radius 1 is 1.25 bits per heavy atom. The molecular formula is C15H23N. The van der Waals surface area contributed by atoms with Gasteiger partial charge in [0.15, 0.2) is 0 Å². The zero-order chi connectivity index (χ0) is 11.2. The lowest BCUT2D eigenvalue weighted by atomic mass is 10.0. The first-order valence-corrected chi connectivity index (χ1v) is 6.65. The average molecular weight is 217 g/mol. The Hall–Kier alpha value is -0.820. The van der Waals surface area contributed by atoms with E-state index in [1.807, 2.05) is 0 Å². The molecule has 1 nitrogen and oxygen atoms in total. The highest BCUT2D eigenvalue weighted by Crippen LogP contribution is 2.34. The molecule has 0 aromatic heterocycles. The van der Waals surface area contributed by atoms with Gasteiger partial charge in [0.2, 0.25) is 0 Å². The van der Waals surface area contributed by atoms with Crippen molar-refractivity contribution < 1.29 is 0 Å². The molecule has 1 heteroatoms. The molecule has 1 saturated carbocycles. The lowest BCUT2D eigenvalue weighted by Crippen LogP contribution is -2.31. The molecule has 0 heterocycles. The summed E-state index contributed by atoms with van der Waals surface area (Å²) in [5.74, 6) is 1.05.